The van der Waals surface area contributed by atoms with E-state index < -0.39 is 35.4 Å². The maximum atomic E-state index is 14.6. The molecule has 0 amide bonds. The standard InChI is InChI=1S/C20H20F2N2O4/c1-12-4-2-6-23-20(12)28-11-13-5-3-7-24(13)17-9-15(21)14(8-16(17)22)18(25)10-19(26)27/h2,4,6,8-9,13H,3,5,7,10-11H2,1H3,(H,26,27)/t13-/m1/s1. The zero-order valence-corrected chi connectivity index (χ0v) is 15.3. The van der Waals surface area contributed by atoms with E-state index in [0.717, 1.165) is 30.5 Å². The summed E-state index contributed by atoms with van der Waals surface area (Å²) in [7, 11) is 0. The molecule has 1 saturated heterocycles. The molecular formula is C20H20F2N2O4. The molecule has 2 aromatic rings. The van der Waals surface area contributed by atoms with Gasteiger partial charge >= 0.3 is 5.97 Å². The normalized spacial score (nSPS) is 16.2. The summed E-state index contributed by atoms with van der Waals surface area (Å²) < 4.78 is 34.7. The zero-order chi connectivity index (χ0) is 20.3. The van der Waals surface area contributed by atoms with Crippen molar-refractivity contribution in [1.82, 2.24) is 4.98 Å². The first-order valence-electron chi connectivity index (χ1n) is 8.92. The Kier molecular flexibility index (Phi) is 5.87. The van der Waals surface area contributed by atoms with Crippen LogP contribution in [0.2, 0.25) is 0 Å². The fraction of sp³-hybridized carbons (Fsp3) is 0.350. The van der Waals surface area contributed by atoms with Crippen LogP contribution < -0.4 is 9.64 Å². The number of Topliss-reactive ketones (excluding diaryl/α,β-unsaturated/α-hetero) is 1. The molecule has 1 aliphatic heterocycles. The molecule has 8 heteroatoms. The van der Waals surface area contributed by atoms with Gasteiger partial charge in [-0.3, -0.25) is 9.59 Å². The van der Waals surface area contributed by atoms with E-state index >= 15 is 0 Å². The van der Waals surface area contributed by atoms with Gasteiger partial charge in [0.2, 0.25) is 5.88 Å². The molecular weight excluding hydrogens is 370 g/mol. The summed E-state index contributed by atoms with van der Waals surface area (Å²) in [5.74, 6) is -3.57. The maximum Gasteiger partial charge on any atom is 0.311 e. The second-order valence-electron chi connectivity index (χ2n) is 6.70. The Hall–Kier alpha value is -3.03. The molecule has 148 valence electrons. The van der Waals surface area contributed by atoms with Crippen molar-refractivity contribution in [3.63, 3.8) is 0 Å². The quantitative estimate of drug-likeness (QED) is 0.577. The third kappa shape index (κ3) is 4.27. The van der Waals surface area contributed by atoms with E-state index in [1.807, 2.05) is 13.0 Å². The van der Waals surface area contributed by atoms with Crippen LogP contribution in [0.4, 0.5) is 14.5 Å². The fourth-order valence-electron chi connectivity index (χ4n) is 3.33. The molecule has 0 bridgehead atoms. The monoisotopic (exact) mass is 390 g/mol. The number of benzene rings is 1. The maximum absolute atomic E-state index is 14.6. The predicted molar refractivity (Wildman–Crippen MR) is 97.8 cm³/mol. The van der Waals surface area contributed by atoms with Crippen molar-refractivity contribution in [2.24, 2.45) is 0 Å². The molecule has 0 radical (unpaired) electrons. The Bertz CT molecular complexity index is 904. The van der Waals surface area contributed by atoms with Crippen molar-refractivity contribution in [3.8, 4) is 5.88 Å². The minimum absolute atomic E-state index is 0.0354. The van der Waals surface area contributed by atoms with Crippen LogP contribution in [0.5, 0.6) is 5.88 Å². The number of aromatic nitrogens is 1. The van der Waals surface area contributed by atoms with Gasteiger partial charge in [-0.05, 0) is 31.9 Å². The Morgan fingerprint density at radius 1 is 1.32 bits per heavy atom. The van der Waals surface area contributed by atoms with Gasteiger partial charge in [-0.1, -0.05) is 6.07 Å². The lowest BCUT2D eigenvalue weighted by Crippen LogP contribution is -2.35. The van der Waals surface area contributed by atoms with Gasteiger partial charge in [-0.15, -0.1) is 0 Å². The number of aliphatic carboxylic acids is 1. The lowest BCUT2D eigenvalue weighted by atomic mass is 10.1. The van der Waals surface area contributed by atoms with E-state index in [1.54, 1.807) is 17.2 Å². The summed E-state index contributed by atoms with van der Waals surface area (Å²) in [4.78, 5) is 28.3. The first-order chi connectivity index (χ1) is 13.4. The van der Waals surface area contributed by atoms with Crippen molar-refractivity contribution >= 4 is 17.4 Å². The van der Waals surface area contributed by atoms with Crippen LogP contribution in [0.1, 0.15) is 35.2 Å². The van der Waals surface area contributed by atoms with Crippen molar-refractivity contribution in [2.75, 3.05) is 18.1 Å². The highest BCUT2D eigenvalue weighted by Gasteiger charge is 2.29. The van der Waals surface area contributed by atoms with Crippen LogP contribution in [0.3, 0.4) is 0 Å². The number of halogens is 2. The van der Waals surface area contributed by atoms with E-state index in [9.17, 15) is 18.4 Å². The summed E-state index contributed by atoms with van der Waals surface area (Å²) in [6.45, 7) is 2.66. The largest absolute Gasteiger partial charge is 0.481 e. The molecule has 0 spiro atoms. The number of aryl methyl sites for hydroxylation is 1. The van der Waals surface area contributed by atoms with Gasteiger partial charge in [-0.2, -0.15) is 0 Å². The van der Waals surface area contributed by atoms with Crippen molar-refractivity contribution in [2.45, 2.75) is 32.2 Å². The Balaban J connectivity index is 1.78. The molecule has 1 N–H and O–H groups in total. The number of carboxylic acid groups (broad SMARTS) is 1. The average Bonchev–Trinajstić information content (AvgIpc) is 3.10. The highest BCUT2D eigenvalue weighted by molar-refractivity contribution is 6.05. The number of hydrogen-bond acceptors (Lipinski definition) is 5. The first kappa shape index (κ1) is 19.7. The second-order valence-corrected chi connectivity index (χ2v) is 6.70. The van der Waals surface area contributed by atoms with Gasteiger partial charge < -0.3 is 14.7 Å². The van der Waals surface area contributed by atoms with E-state index in [4.69, 9.17) is 9.84 Å². The number of carbonyl (C=O) groups is 2. The van der Waals surface area contributed by atoms with Crippen LogP contribution in [0.25, 0.3) is 0 Å². The van der Waals surface area contributed by atoms with Crippen LogP contribution in [-0.4, -0.2) is 41.0 Å². The Labute approximate surface area is 160 Å². The molecule has 6 nitrogen and oxygen atoms in total. The van der Waals surface area contributed by atoms with Gasteiger partial charge in [0, 0.05) is 24.4 Å². The van der Waals surface area contributed by atoms with E-state index in [-0.39, 0.29) is 18.3 Å². The van der Waals surface area contributed by atoms with Gasteiger partial charge in [0.05, 0.1) is 17.3 Å². The van der Waals surface area contributed by atoms with Crippen LogP contribution in [-0.2, 0) is 4.79 Å². The highest BCUT2D eigenvalue weighted by atomic mass is 19.1. The summed E-state index contributed by atoms with van der Waals surface area (Å²) in [5.41, 5.74) is 0.360. The number of ether oxygens (including phenoxy) is 1. The fourth-order valence-corrected chi connectivity index (χ4v) is 3.33. The summed E-state index contributed by atoms with van der Waals surface area (Å²) in [6.07, 6.45) is 2.26. The number of nitrogens with zero attached hydrogens (tertiary/aromatic N) is 2. The van der Waals surface area contributed by atoms with Crippen molar-refractivity contribution < 1.29 is 28.2 Å². The van der Waals surface area contributed by atoms with Crippen LogP contribution in [0, 0.1) is 18.6 Å². The minimum Gasteiger partial charge on any atom is -0.481 e. The predicted octanol–water partition coefficient (Wildman–Crippen LogP) is 3.37. The molecule has 1 aliphatic rings. The highest BCUT2D eigenvalue weighted by Crippen LogP contribution is 2.31. The molecule has 1 aromatic carbocycles. The molecule has 0 saturated carbocycles. The number of pyridine rings is 1. The Morgan fingerprint density at radius 2 is 2.11 bits per heavy atom. The molecule has 3 rings (SSSR count). The smallest absolute Gasteiger partial charge is 0.311 e. The average molecular weight is 390 g/mol. The van der Waals surface area contributed by atoms with Gasteiger partial charge in [0.25, 0.3) is 0 Å². The number of anilines is 1. The molecule has 0 unspecified atom stereocenters. The van der Waals surface area contributed by atoms with Crippen LogP contribution >= 0.6 is 0 Å². The molecule has 2 heterocycles. The lowest BCUT2D eigenvalue weighted by molar-refractivity contribution is -0.135. The van der Waals surface area contributed by atoms with Gasteiger partial charge in [-0.25, -0.2) is 13.8 Å². The van der Waals surface area contributed by atoms with Gasteiger partial charge in [0.15, 0.2) is 5.78 Å². The summed E-state index contributed by atoms with van der Waals surface area (Å²) >= 11 is 0. The van der Waals surface area contributed by atoms with Crippen LogP contribution in [0.15, 0.2) is 30.5 Å². The summed E-state index contributed by atoms with van der Waals surface area (Å²) in [5, 5.41) is 8.68. The molecule has 1 aromatic heterocycles. The second kappa shape index (κ2) is 8.33. The Morgan fingerprint density at radius 3 is 2.82 bits per heavy atom. The van der Waals surface area contributed by atoms with E-state index in [1.165, 1.54) is 0 Å². The molecule has 28 heavy (non-hydrogen) atoms. The summed E-state index contributed by atoms with van der Waals surface area (Å²) in [6, 6.07) is 5.23. The topological polar surface area (TPSA) is 79.7 Å². The van der Waals surface area contributed by atoms with E-state index in [2.05, 4.69) is 4.98 Å². The minimum atomic E-state index is -1.39. The van der Waals surface area contributed by atoms with Crippen molar-refractivity contribution in [1.29, 1.82) is 0 Å². The number of rotatable bonds is 7. The number of hydrogen-bond donors (Lipinski definition) is 1. The molecule has 0 aliphatic carbocycles. The first-order valence-corrected chi connectivity index (χ1v) is 8.92. The third-order valence-electron chi connectivity index (χ3n) is 4.71. The number of carbonyl (C=O) groups excluding carboxylic acids is 1. The third-order valence-corrected chi connectivity index (χ3v) is 4.71. The van der Waals surface area contributed by atoms with Crippen molar-refractivity contribution in [3.05, 3.63) is 53.2 Å². The zero-order valence-electron chi connectivity index (χ0n) is 15.3. The van der Waals surface area contributed by atoms with Gasteiger partial charge in [0.1, 0.15) is 24.7 Å². The van der Waals surface area contributed by atoms with E-state index in [0.29, 0.717) is 12.4 Å². The molecule has 1 atom stereocenters. The lowest BCUT2D eigenvalue weighted by Gasteiger charge is -2.27. The number of carboxylic acids is 1. The SMILES string of the molecule is Cc1cccnc1OC[C@H]1CCCN1c1cc(F)c(C(=O)CC(=O)O)cc1F. The molecule has 1 fully saturated rings. The number of ketones is 1.